The van der Waals surface area contributed by atoms with Gasteiger partial charge in [0.25, 0.3) is 0 Å². The van der Waals surface area contributed by atoms with Crippen molar-refractivity contribution in [1.82, 2.24) is 9.78 Å². The monoisotopic (exact) mass is 370 g/mol. The van der Waals surface area contributed by atoms with Crippen LogP contribution >= 0.6 is 11.8 Å². The molecule has 1 aromatic carbocycles. The third-order valence-corrected chi connectivity index (χ3v) is 7.10. The van der Waals surface area contributed by atoms with E-state index in [1.165, 1.54) is 42.7 Å². The number of aromatic nitrogens is 2. The maximum absolute atomic E-state index is 12.9. The van der Waals surface area contributed by atoms with Crippen molar-refractivity contribution in [1.29, 1.82) is 0 Å². The van der Waals surface area contributed by atoms with Crippen molar-refractivity contribution < 1.29 is 4.79 Å². The Morgan fingerprint density at radius 1 is 1.23 bits per heavy atom. The third-order valence-electron chi connectivity index (χ3n) is 5.59. The zero-order valence-corrected chi connectivity index (χ0v) is 16.2. The van der Waals surface area contributed by atoms with Crippen molar-refractivity contribution in [2.75, 3.05) is 11.1 Å². The Bertz CT molecular complexity index is 808. The number of aryl methyl sites for hydroxylation is 1. The number of hydrogen-bond acceptors (Lipinski definition) is 4. The quantitative estimate of drug-likeness (QED) is 0.781. The first-order valence-electron chi connectivity index (χ1n) is 9.46. The molecule has 0 radical (unpaired) electrons. The van der Waals surface area contributed by atoms with Gasteiger partial charge in [0.15, 0.2) is 0 Å². The molecule has 26 heavy (non-hydrogen) atoms. The van der Waals surface area contributed by atoms with Crippen LogP contribution in [0, 0.1) is 6.92 Å². The van der Waals surface area contributed by atoms with Crippen molar-refractivity contribution in [3.63, 3.8) is 0 Å². The summed E-state index contributed by atoms with van der Waals surface area (Å²) in [6, 6.07) is 7.80. The molecular formula is C20H26N4OS. The van der Waals surface area contributed by atoms with Gasteiger partial charge in [0.05, 0.1) is 22.0 Å². The van der Waals surface area contributed by atoms with Gasteiger partial charge in [-0.05, 0) is 44.0 Å². The lowest BCUT2D eigenvalue weighted by Gasteiger charge is -2.23. The minimum Gasteiger partial charge on any atom is -0.399 e. The van der Waals surface area contributed by atoms with E-state index in [1.54, 1.807) is 23.9 Å². The van der Waals surface area contributed by atoms with Crippen molar-refractivity contribution in [2.45, 2.75) is 68.2 Å². The minimum atomic E-state index is -0.117. The van der Waals surface area contributed by atoms with E-state index < -0.39 is 0 Å². The smallest absolute Gasteiger partial charge is 0.238 e. The van der Waals surface area contributed by atoms with E-state index in [9.17, 15) is 4.79 Å². The SMILES string of the molecule is Cc1nn(C2CCCCC2)c2c1C(C)C(C(=O)Nc1ccc(N)cc1)S2. The van der Waals surface area contributed by atoms with Crippen LogP contribution in [0.25, 0.3) is 0 Å². The summed E-state index contributed by atoms with van der Waals surface area (Å²) in [6.45, 7) is 4.22. The van der Waals surface area contributed by atoms with Crippen LogP contribution in [-0.4, -0.2) is 20.9 Å². The van der Waals surface area contributed by atoms with E-state index >= 15 is 0 Å². The first-order valence-corrected chi connectivity index (χ1v) is 10.3. The number of anilines is 2. The highest BCUT2D eigenvalue weighted by atomic mass is 32.2. The zero-order chi connectivity index (χ0) is 18.3. The van der Waals surface area contributed by atoms with Gasteiger partial charge in [0.1, 0.15) is 0 Å². The lowest BCUT2D eigenvalue weighted by atomic mass is 9.95. The van der Waals surface area contributed by atoms with E-state index in [0.29, 0.717) is 11.7 Å². The topological polar surface area (TPSA) is 72.9 Å². The molecule has 1 aromatic heterocycles. The van der Waals surface area contributed by atoms with Crippen LogP contribution in [-0.2, 0) is 4.79 Å². The molecule has 2 aromatic rings. The standard InChI is InChI=1S/C20H26N4OS/c1-12-17-13(2)23-24(16-6-4-3-5-7-16)20(17)26-18(12)19(25)22-15-10-8-14(21)9-11-15/h8-12,16,18H,3-7,21H2,1-2H3,(H,22,25). The third kappa shape index (κ3) is 3.11. The highest BCUT2D eigenvalue weighted by molar-refractivity contribution is 8.01. The number of amides is 1. The number of hydrogen-bond donors (Lipinski definition) is 2. The molecule has 0 bridgehead atoms. The zero-order valence-electron chi connectivity index (χ0n) is 15.4. The molecule has 2 aliphatic rings. The summed E-state index contributed by atoms with van der Waals surface area (Å²) in [5.41, 5.74) is 9.55. The fraction of sp³-hybridized carbons (Fsp3) is 0.500. The Morgan fingerprint density at radius 3 is 2.62 bits per heavy atom. The van der Waals surface area contributed by atoms with Crippen LogP contribution < -0.4 is 11.1 Å². The average Bonchev–Trinajstić information content (AvgIpc) is 3.16. The number of rotatable bonds is 3. The van der Waals surface area contributed by atoms with Crippen LogP contribution in [0.2, 0.25) is 0 Å². The molecule has 2 unspecified atom stereocenters. The summed E-state index contributed by atoms with van der Waals surface area (Å²) in [7, 11) is 0. The van der Waals surface area contributed by atoms with Gasteiger partial charge in [-0.25, -0.2) is 0 Å². The summed E-state index contributed by atoms with van der Waals surface area (Å²) >= 11 is 1.68. The Balaban J connectivity index is 1.54. The molecular weight excluding hydrogens is 344 g/mol. The van der Waals surface area contributed by atoms with E-state index in [4.69, 9.17) is 10.8 Å². The number of nitrogens with zero attached hydrogens (tertiary/aromatic N) is 2. The number of nitrogens with two attached hydrogens (primary N) is 1. The summed E-state index contributed by atoms with van der Waals surface area (Å²) in [5, 5.41) is 8.97. The van der Waals surface area contributed by atoms with Crippen molar-refractivity contribution >= 4 is 29.0 Å². The fourth-order valence-electron chi connectivity index (χ4n) is 4.19. The van der Waals surface area contributed by atoms with Gasteiger partial charge in [0.2, 0.25) is 5.91 Å². The van der Waals surface area contributed by atoms with Crippen LogP contribution in [0.3, 0.4) is 0 Å². The predicted molar refractivity (Wildman–Crippen MR) is 107 cm³/mol. The normalized spacial score (nSPS) is 23.0. The number of carbonyl (C=O) groups excluding carboxylic acids is 1. The van der Waals surface area contributed by atoms with E-state index in [0.717, 1.165) is 11.4 Å². The van der Waals surface area contributed by atoms with Gasteiger partial charge < -0.3 is 11.1 Å². The summed E-state index contributed by atoms with van der Waals surface area (Å²) in [6.07, 6.45) is 6.28. The van der Waals surface area contributed by atoms with Gasteiger partial charge in [0, 0.05) is 22.9 Å². The average molecular weight is 371 g/mol. The number of nitrogens with one attached hydrogen (secondary N) is 1. The van der Waals surface area contributed by atoms with Crippen molar-refractivity contribution in [3.8, 4) is 0 Å². The fourth-order valence-corrected chi connectivity index (χ4v) is 5.69. The van der Waals surface area contributed by atoms with Crippen LogP contribution in [0.15, 0.2) is 29.3 Å². The highest BCUT2D eigenvalue weighted by Crippen LogP contribution is 2.49. The van der Waals surface area contributed by atoms with Crippen LogP contribution in [0.4, 0.5) is 11.4 Å². The largest absolute Gasteiger partial charge is 0.399 e. The highest BCUT2D eigenvalue weighted by Gasteiger charge is 2.40. The number of nitrogen functional groups attached to an aromatic ring is 1. The van der Waals surface area contributed by atoms with Crippen LogP contribution in [0.1, 0.15) is 62.2 Å². The Morgan fingerprint density at radius 2 is 1.92 bits per heavy atom. The van der Waals surface area contributed by atoms with Gasteiger partial charge in [-0.1, -0.05) is 37.9 Å². The van der Waals surface area contributed by atoms with E-state index in [-0.39, 0.29) is 17.1 Å². The summed E-state index contributed by atoms with van der Waals surface area (Å²) in [4.78, 5) is 12.9. The number of benzene rings is 1. The molecule has 1 aliphatic carbocycles. The molecule has 0 spiro atoms. The molecule has 0 saturated heterocycles. The lowest BCUT2D eigenvalue weighted by Crippen LogP contribution is -2.27. The Kier molecular flexibility index (Phi) is 4.69. The molecule has 6 heteroatoms. The maximum Gasteiger partial charge on any atom is 0.238 e. The molecule has 1 saturated carbocycles. The number of carbonyl (C=O) groups is 1. The Labute approximate surface area is 158 Å². The molecule has 2 atom stereocenters. The molecule has 2 heterocycles. The molecule has 5 nitrogen and oxygen atoms in total. The van der Waals surface area contributed by atoms with Gasteiger partial charge in [-0.3, -0.25) is 9.48 Å². The van der Waals surface area contributed by atoms with Crippen LogP contribution in [0.5, 0.6) is 0 Å². The summed E-state index contributed by atoms with van der Waals surface area (Å²) < 4.78 is 2.22. The molecule has 1 amide bonds. The molecule has 4 rings (SSSR count). The minimum absolute atomic E-state index is 0.0538. The van der Waals surface area contributed by atoms with E-state index in [2.05, 4.69) is 23.8 Å². The van der Waals surface area contributed by atoms with E-state index in [1.807, 2.05) is 12.1 Å². The maximum atomic E-state index is 12.9. The lowest BCUT2D eigenvalue weighted by molar-refractivity contribution is -0.115. The predicted octanol–water partition coefficient (Wildman–Crippen LogP) is 4.50. The molecule has 138 valence electrons. The van der Waals surface area contributed by atoms with Gasteiger partial charge in [-0.15, -0.1) is 0 Å². The number of thioether (sulfide) groups is 1. The molecule has 1 fully saturated rings. The second-order valence-electron chi connectivity index (χ2n) is 7.48. The Hall–Kier alpha value is -1.95. The summed E-state index contributed by atoms with van der Waals surface area (Å²) in [5.74, 6) is 0.221. The first-order chi connectivity index (χ1) is 12.5. The number of fused-ring (bicyclic) bond motifs is 1. The second kappa shape index (κ2) is 6.99. The van der Waals surface area contributed by atoms with Gasteiger partial charge >= 0.3 is 0 Å². The first kappa shape index (κ1) is 17.5. The molecule has 3 N–H and O–H groups in total. The second-order valence-corrected chi connectivity index (χ2v) is 8.61. The van der Waals surface area contributed by atoms with Crippen molar-refractivity contribution in [2.24, 2.45) is 0 Å². The van der Waals surface area contributed by atoms with Gasteiger partial charge in [-0.2, -0.15) is 5.10 Å². The van der Waals surface area contributed by atoms with Crippen molar-refractivity contribution in [3.05, 3.63) is 35.5 Å². The molecule has 1 aliphatic heterocycles.